The quantitative estimate of drug-likeness (QED) is 0.819. The van der Waals surface area contributed by atoms with E-state index in [0.29, 0.717) is 16.9 Å². The van der Waals surface area contributed by atoms with E-state index in [1.807, 2.05) is 12.3 Å². The van der Waals surface area contributed by atoms with E-state index in [2.05, 4.69) is 20.6 Å². The van der Waals surface area contributed by atoms with Gasteiger partial charge in [-0.3, -0.25) is 4.79 Å². The first-order valence-electron chi connectivity index (χ1n) is 7.30. The molecule has 2 N–H and O–H groups in total. The molecule has 1 amide bonds. The van der Waals surface area contributed by atoms with Crippen LogP contribution in [0.1, 0.15) is 37.8 Å². The highest BCUT2D eigenvalue weighted by Gasteiger charge is 2.14. The van der Waals surface area contributed by atoms with Crippen LogP contribution in [0.4, 0.5) is 5.95 Å². The Kier molecular flexibility index (Phi) is 6.04. The number of rotatable bonds is 5. The summed E-state index contributed by atoms with van der Waals surface area (Å²) in [5, 5.41) is 6.03. The molecular formula is C15H22N4OS. The molecular weight excluding hydrogens is 284 g/mol. The van der Waals surface area contributed by atoms with E-state index in [1.165, 1.54) is 43.9 Å². The van der Waals surface area contributed by atoms with Gasteiger partial charge in [-0.2, -0.15) is 0 Å². The third-order valence-electron chi connectivity index (χ3n) is 3.57. The molecule has 0 bridgehead atoms. The van der Waals surface area contributed by atoms with Crippen LogP contribution in [0.25, 0.3) is 6.08 Å². The molecule has 0 aliphatic heterocycles. The first-order valence-corrected chi connectivity index (χ1v) is 8.52. The highest BCUT2D eigenvalue weighted by molar-refractivity contribution is 8.03. The summed E-state index contributed by atoms with van der Waals surface area (Å²) in [5.74, 6) is 0.552. The van der Waals surface area contributed by atoms with Crippen molar-refractivity contribution in [1.29, 1.82) is 0 Å². The number of nitrogens with one attached hydrogen (secondary N) is 2. The molecule has 0 radical (unpaired) electrons. The maximum atomic E-state index is 11.7. The second-order valence-electron chi connectivity index (χ2n) is 5.08. The molecule has 21 heavy (non-hydrogen) atoms. The van der Waals surface area contributed by atoms with Crippen LogP contribution in [0.15, 0.2) is 17.2 Å². The fourth-order valence-electron chi connectivity index (χ4n) is 2.43. The van der Waals surface area contributed by atoms with Crippen LogP contribution in [0.3, 0.4) is 0 Å². The fourth-order valence-corrected chi connectivity index (χ4v) is 2.95. The van der Waals surface area contributed by atoms with Crippen molar-refractivity contribution in [1.82, 2.24) is 15.3 Å². The topological polar surface area (TPSA) is 66.9 Å². The smallest absolute Gasteiger partial charge is 0.257 e. The lowest BCUT2D eigenvalue weighted by Crippen LogP contribution is -2.23. The SMILES string of the molecule is CNC(=O)/C(=C/c1ccnc(NC2CCCCC2)n1)SC. The maximum absolute atomic E-state index is 11.7. The summed E-state index contributed by atoms with van der Waals surface area (Å²) in [7, 11) is 1.63. The molecule has 6 heteroatoms. The molecule has 0 spiro atoms. The van der Waals surface area contributed by atoms with E-state index in [9.17, 15) is 4.79 Å². The molecule has 0 atom stereocenters. The van der Waals surface area contributed by atoms with Gasteiger partial charge < -0.3 is 10.6 Å². The number of nitrogens with zero attached hydrogens (tertiary/aromatic N) is 2. The van der Waals surface area contributed by atoms with E-state index in [-0.39, 0.29) is 5.91 Å². The molecule has 0 aromatic carbocycles. The number of aromatic nitrogens is 2. The average Bonchev–Trinajstić information content (AvgIpc) is 2.53. The summed E-state index contributed by atoms with van der Waals surface area (Å²) in [6.07, 6.45) is 11.6. The van der Waals surface area contributed by atoms with Gasteiger partial charge in [0.05, 0.1) is 10.6 Å². The average molecular weight is 306 g/mol. The number of carbonyl (C=O) groups is 1. The summed E-state index contributed by atoms with van der Waals surface area (Å²) >= 11 is 1.41. The molecule has 2 rings (SSSR count). The molecule has 5 nitrogen and oxygen atoms in total. The van der Waals surface area contributed by atoms with Crippen LogP contribution in [0, 0.1) is 0 Å². The molecule has 1 aromatic rings. The minimum atomic E-state index is -0.0945. The highest BCUT2D eigenvalue weighted by atomic mass is 32.2. The van der Waals surface area contributed by atoms with Crippen molar-refractivity contribution in [3.8, 4) is 0 Å². The first-order chi connectivity index (χ1) is 10.2. The Balaban J connectivity index is 2.09. The van der Waals surface area contributed by atoms with E-state index in [0.717, 1.165) is 5.69 Å². The van der Waals surface area contributed by atoms with Crippen molar-refractivity contribution in [2.45, 2.75) is 38.1 Å². The van der Waals surface area contributed by atoms with E-state index >= 15 is 0 Å². The first kappa shape index (κ1) is 15.8. The summed E-state index contributed by atoms with van der Waals surface area (Å²) < 4.78 is 0. The second-order valence-corrected chi connectivity index (χ2v) is 5.92. The lowest BCUT2D eigenvalue weighted by atomic mass is 9.96. The molecule has 114 valence electrons. The minimum absolute atomic E-state index is 0.0945. The molecule has 0 unspecified atom stereocenters. The Morgan fingerprint density at radius 1 is 1.38 bits per heavy atom. The minimum Gasteiger partial charge on any atom is -0.355 e. The van der Waals surface area contributed by atoms with Gasteiger partial charge in [-0.25, -0.2) is 9.97 Å². The molecule has 1 aliphatic rings. The zero-order valence-electron chi connectivity index (χ0n) is 12.6. The number of anilines is 1. The van der Waals surface area contributed by atoms with Crippen molar-refractivity contribution in [2.24, 2.45) is 0 Å². The monoisotopic (exact) mass is 306 g/mol. The van der Waals surface area contributed by atoms with Gasteiger partial charge in [0.2, 0.25) is 5.95 Å². The van der Waals surface area contributed by atoms with Crippen LogP contribution in [0.2, 0.25) is 0 Å². The van der Waals surface area contributed by atoms with E-state index in [4.69, 9.17) is 0 Å². The van der Waals surface area contributed by atoms with Gasteiger partial charge in [0, 0.05) is 19.3 Å². The molecule has 1 heterocycles. The summed E-state index contributed by atoms with van der Waals surface area (Å²) in [4.78, 5) is 21.1. The van der Waals surface area contributed by atoms with Gasteiger partial charge >= 0.3 is 0 Å². The highest BCUT2D eigenvalue weighted by Crippen LogP contribution is 2.21. The predicted octanol–water partition coefficient (Wildman–Crippen LogP) is 2.67. The lowest BCUT2D eigenvalue weighted by molar-refractivity contribution is -0.116. The lowest BCUT2D eigenvalue weighted by Gasteiger charge is -2.22. The summed E-state index contributed by atoms with van der Waals surface area (Å²) in [6, 6.07) is 2.28. The van der Waals surface area contributed by atoms with Crippen molar-refractivity contribution >= 4 is 29.7 Å². The van der Waals surface area contributed by atoms with Gasteiger partial charge in [-0.05, 0) is 31.2 Å². The normalized spacial score (nSPS) is 16.6. The number of hydrogen-bond donors (Lipinski definition) is 2. The zero-order valence-corrected chi connectivity index (χ0v) is 13.4. The van der Waals surface area contributed by atoms with Crippen LogP contribution in [0.5, 0.6) is 0 Å². The number of thioether (sulfide) groups is 1. The van der Waals surface area contributed by atoms with E-state index in [1.54, 1.807) is 19.3 Å². The van der Waals surface area contributed by atoms with Crippen LogP contribution < -0.4 is 10.6 Å². The fraction of sp³-hybridized carbons (Fsp3) is 0.533. The Labute approximate surface area is 130 Å². The van der Waals surface area contributed by atoms with Gasteiger partial charge in [0.15, 0.2) is 0 Å². The Morgan fingerprint density at radius 2 is 2.14 bits per heavy atom. The molecule has 1 saturated carbocycles. The number of likely N-dealkylation sites (N-methyl/N-ethyl adjacent to an activating group) is 1. The zero-order chi connectivity index (χ0) is 15.1. The standard InChI is InChI=1S/C15H22N4OS/c1-16-14(20)13(21-2)10-12-8-9-17-15(19-12)18-11-6-4-3-5-7-11/h8-11H,3-7H2,1-2H3,(H,16,20)(H,17,18,19)/b13-10-. The van der Waals surface area contributed by atoms with Crippen LogP contribution >= 0.6 is 11.8 Å². The maximum Gasteiger partial charge on any atom is 0.257 e. The number of hydrogen-bond acceptors (Lipinski definition) is 5. The molecule has 1 aliphatic carbocycles. The molecule has 1 fully saturated rings. The molecule has 1 aromatic heterocycles. The summed E-state index contributed by atoms with van der Waals surface area (Å²) in [6.45, 7) is 0. The van der Waals surface area contributed by atoms with Crippen LogP contribution in [-0.4, -0.2) is 35.2 Å². The third-order valence-corrected chi connectivity index (χ3v) is 4.31. The van der Waals surface area contributed by atoms with Crippen LogP contribution in [-0.2, 0) is 4.79 Å². The largest absolute Gasteiger partial charge is 0.355 e. The van der Waals surface area contributed by atoms with Gasteiger partial charge in [0.1, 0.15) is 0 Å². The predicted molar refractivity (Wildman–Crippen MR) is 88.1 cm³/mol. The van der Waals surface area contributed by atoms with E-state index < -0.39 is 0 Å². The van der Waals surface area contributed by atoms with Crippen molar-refractivity contribution in [2.75, 3.05) is 18.6 Å². The van der Waals surface area contributed by atoms with Gasteiger partial charge in [-0.1, -0.05) is 19.3 Å². The van der Waals surface area contributed by atoms with Gasteiger partial charge in [-0.15, -0.1) is 11.8 Å². The van der Waals surface area contributed by atoms with Crippen molar-refractivity contribution in [3.63, 3.8) is 0 Å². The molecule has 0 saturated heterocycles. The third kappa shape index (κ3) is 4.74. The second kappa shape index (κ2) is 8.02. The summed E-state index contributed by atoms with van der Waals surface area (Å²) in [5.41, 5.74) is 0.747. The number of amides is 1. The Hall–Kier alpha value is -1.56. The van der Waals surface area contributed by atoms with Gasteiger partial charge in [0.25, 0.3) is 5.91 Å². The van der Waals surface area contributed by atoms with Crippen molar-refractivity contribution < 1.29 is 4.79 Å². The Morgan fingerprint density at radius 3 is 2.81 bits per heavy atom. The number of carbonyl (C=O) groups excluding carboxylic acids is 1. The Bertz CT molecular complexity index is 512. The van der Waals surface area contributed by atoms with Crippen molar-refractivity contribution in [3.05, 3.63) is 22.9 Å².